The lowest BCUT2D eigenvalue weighted by Crippen LogP contribution is -2.47. The highest BCUT2D eigenvalue weighted by Gasteiger charge is 2.41. The first-order chi connectivity index (χ1) is 17.5. The second kappa shape index (κ2) is 18.4. The van der Waals surface area contributed by atoms with E-state index >= 15 is 0 Å². The second-order valence-corrected chi connectivity index (χ2v) is 12.1. The zero-order valence-corrected chi connectivity index (χ0v) is 24.9. The fourth-order valence-electron chi connectivity index (χ4n) is 4.78. The Bertz CT molecular complexity index is 825. The first kappa shape index (κ1) is 33.2. The van der Waals surface area contributed by atoms with E-state index in [4.69, 9.17) is 0 Å². The van der Waals surface area contributed by atoms with Crippen molar-refractivity contribution in [2.45, 2.75) is 112 Å². The molecule has 2 N–H and O–H groups in total. The maximum Gasteiger partial charge on any atom is 0.307 e. The van der Waals surface area contributed by atoms with E-state index in [9.17, 15) is 19.5 Å². The predicted molar refractivity (Wildman–Crippen MR) is 157 cm³/mol. The smallest absolute Gasteiger partial charge is 0.307 e. The van der Waals surface area contributed by atoms with Crippen LogP contribution in [0.15, 0.2) is 34.9 Å². The summed E-state index contributed by atoms with van der Waals surface area (Å²) in [7, 11) is 0. The SMILES string of the molecule is CCCCC(NC(C)=O)C(=O)C1CCC1CC(CSCC=C(C)CCC=C(C)CCC=C(C)C)C(=O)O. The Morgan fingerprint density at radius 1 is 0.973 bits per heavy atom. The quantitative estimate of drug-likeness (QED) is 0.132. The Kier molecular flexibility index (Phi) is 16.5. The third-order valence-electron chi connectivity index (χ3n) is 7.28. The van der Waals surface area contributed by atoms with Crippen molar-refractivity contribution in [3.8, 4) is 0 Å². The highest BCUT2D eigenvalue weighted by Crippen LogP contribution is 2.41. The van der Waals surface area contributed by atoms with Gasteiger partial charge in [-0.25, -0.2) is 0 Å². The Hall–Kier alpha value is -1.82. The van der Waals surface area contributed by atoms with Crippen LogP contribution >= 0.6 is 11.8 Å². The number of ketones is 1. The summed E-state index contributed by atoms with van der Waals surface area (Å²) in [6, 6.07) is -0.438. The van der Waals surface area contributed by atoms with Crippen LogP contribution in [-0.2, 0) is 14.4 Å². The summed E-state index contributed by atoms with van der Waals surface area (Å²) >= 11 is 1.66. The summed E-state index contributed by atoms with van der Waals surface area (Å²) in [6.07, 6.45) is 15.9. The van der Waals surface area contributed by atoms with Crippen LogP contribution in [0.1, 0.15) is 106 Å². The van der Waals surface area contributed by atoms with Crippen LogP contribution in [0.2, 0.25) is 0 Å². The third-order valence-corrected chi connectivity index (χ3v) is 8.32. The van der Waals surface area contributed by atoms with E-state index in [0.29, 0.717) is 18.6 Å². The maximum absolute atomic E-state index is 13.1. The molecule has 0 saturated heterocycles. The van der Waals surface area contributed by atoms with Gasteiger partial charge in [0.1, 0.15) is 0 Å². The summed E-state index contributed by atoms with van der Waals surface area (Å²) < 4.78 is 0. The molecule has 0 aromatic rings. The van der Waals surface area contributed by atoms with Gasteiger partial charge in [-0.2, -0.15) is 11.8 Å². The molecule has 0 aromatic heterocycles. The van der Waals surface area contributed by atoms with Gasteiger partial charge in [0.05, 0.1) is 12.0 Å². The summed E-state index contributed by atoms with van der Waals surface area (Å²) in [5.41, 5.74) is 4.15. The lowest BCUT2D eigenvalue weighted by molar-refractivity contribution is -0.143. The number of allylic oxidation sites excluding steroid dienone is 5. The number of carbonyl (C=O) groups is 3. The van der Waals surface area contributed by atoms with Crippen LogP contribution < -0.4 is 5.32 Å². The number of hydrogen-bond acceptors (Lipinski definition) is 4. The number of nitrogens with one attached hydrogen (secondary N) is 1. The summed E-state index contributed by atoms with van der Waals surface area (Å²) in [4.78, 5) is 36.6. The molecule has 0 bridgehead atoms. The van der Waals surface area contributed by atoms with Crippen molar-refractivity contribution in [1.29, 1.82) is 0 Å². The second-order valence-electron chi connectivity index (χ2n) is 11.0. The number of rotatable bonds is 19. The van der Waals surface area contributed by atoms with Gasteiger partial charge in [-0.1, -0.05) is 54.7 Å². The van der Waals surface area contributed by atoms with Gasteiger partial charge in [0, 0.05) is 24.3 Å². The maximum atomic E-state index is 13.1. The molecule has 0 heterocycles. The number of carbonyl (C=O) groups excluding carboxylic acids is 2. The van der Waals surface area contributed by atoms with Crippen molar-refractivity contribution in [3.63, 3.8) is 0 Å². The van der Waals surface area contributed by atoms with Gasteiger partial charge in [0.15, 0.2) is 5.78 Å². The molecule has 0 aromatic carbocycles. The Morgan fingerprint density at radius 3 is 2.16 bits per heavy atom. The Labute approximate surface area is 230 Å². The number of aliphatic carboxylic acids is 1. The van der Waals surface area contributed by atoms with E-state index in [1.807, 2.05) is 0 Å². The van der Waals surface area contributed by atoms with Crippen molar-refractivity contribution in [2.75, 3.05) is 11.5 Å². The third kappa shape index (κ3) is 14.1. The number of thioether (sulfide) groups is 1. The molecular formula is C31H51NO4S. The molecule has 4 unspecified atom stereocenters. The molecule has 0 aliphatic heterocycles. The topological polar surface area (TPSA) is 83.5 Å². The van der Waals surface area contributed by atoms with E-state index in [-0.39, 0.29) is 23.5 Å². The Morgan fingerprint density at radius 2 is 1.62 bits per heavy atom. The van der Waals surface area contributed by atoms with E-state index in [1.54, 1.807) is 11.8 Å². The van der Waals surface area contributed by atoms with Crippen molar-refractivity contribution in [1.82, 2.24) is 5.32 Å². The van der Waals surface area contributed by atoms with Crippen molar-refractivity contribution >= 4 is 29.4 Å². The van der Waals surface area contributed by atoms with Gasteiger partial charge in [0.25, 0.3) is 0 Å². The first-order valence-electron chi connectivity index (χ1n) is 14.1. The Balaban J connectivity index is 2.48. The molecule has 5 nitrogen and oxygen atoms in total. The molecule has 210 valence electrons. The fraction of sp³-hybridized carbons (Fsp3) is 0.710. The molecular weight excluding hydrogens is 482 g/mol. The lowest BCUT2D eigenvalue weighted by Gasteiger charge is -2.39. The van der Waals surface area contributed by atoms with Crippen molar-refractivity contribution in [2.24, 2.45) is 17.8 Å². The van der Waals surface area contributed by atoms with Crippen LogP contribution in [0.4, 0.5) is 0 Å². The number of amides is 1. The first-order valence-corrected chi connectivity index (χ1v) is 15.3. The minimum atomic E-state index is -0.774. The van der Waals surface area contributed by atoms with Crippen molar-refractivity contribution in [3.05, 3.63) is 34.9 Å². The molecule has 4 atom stereocenters. The van der Waals surface area contributed by atoms with Gasteiger partial charge in [-0.3, -0.25) is 14.4 Å². The summed E-state index contributed by atoms with van der Waals surface area (Å²) in [5, 5.41) is 12.6. The van der Waals surface area contributed by atoms with E-state index in [0.717, 1.165) is 57.1 Å². The van der Waals surface area contributed by atoms with Crippen LogP contribution in [0, 0.1) is 17.8 Å². The molecule has 1 amide bonds. The average Bonchev–Trinajstić information content (AvgIpc) is 2.79. The average molecular weight is 534 g/mol. The van der Waals surface area contributed by atoms with Gasteiger partial charge < -0.3 is 10.4 Å². The minimum absolute atomic E-state index is 0.0940. The molecule has 0 radical (unpaired) electrons. The van der Waals surface area contributed by atoms with E-state index < -0.39 is 17.9 Å². The molecule has 37 heavy (non-hydrogen) atoms. The lowest BCUT2D eigenvalue weighted by atomic mass is 9.66. The van der Waals surface area contributed by atoms with Crippen LogP contribution in [-0.4, -0.2) is 40.3 Å². The van der Waals surface area contributed by atoms with Crippen LogP contribution in [0.25, 0.3) is 0 Å². The zero-order valence-electron chi connectivity index (χ0n) is 24.1. The molecule has 1 saturated carbocycles. The minimum Gasteiger partial charge on any atom is -0.481 e. The van der Waals surface area contributed by atoms with Gasteiger partial charge in [-0.05, 0) is 85.0 Å². The number of carboxylic acid groups (broad SMARTS) is 1. The van der Waals surface area contributed by atoms with Gasteiger partial charge >= 0.3 is 5.97 Å². The molecule has 0 spiro atoms. The normalized spacial score (nSPS) is 19.5. The van der Waals surface area contributed by atoms with Gasteiger partial charge in [-0.15, -0.1) is 0 Å². The molecule has 1 rings (SSSR count). The fourth-order valence-corrected chi connectivity index (χ4v) is 5.88. The van der Waals surface area contributed by atoms with Crippen molar-refractivity contribution < 1.29 is 19.5 Å². The monoisotopic (exact) mass is 533 g/mol. The molecule has 1 aliphatic rings. The number of carboxylic acids is 1. The largest absolute Gasteiger partial charge is 0.481 e. The van der Waals surface area contributed by atoms with Crippen LogP contribution in [0.3, 0.4) is 0 Å². The van der Waals surface area contributed by atoms with Crippen LogP contribution in [0.5, 0.6) is 0 Å². The standard InChI is InChI=1S/C31H51NO4S/c1-7-8-15-29(32-25(6)33)30(34)28-17-16-26(28)20-27(31(35)36)21-37-19-18-24(5)14-10-13-23(4)12-9-11-22(2)3/h11,13,18,26-29H,7-10,12,14-17,19-21H2,1-6H3,(H,32,33)(H,35,36). The predicted octanol–water partition coefficient (Wildman–Crippen LogP) is 7.52. The number of hydrogen-bond donors (Lipinski definition) is 2. The summed E-state index contributed by atoms with van der Waals surface area (Å²) in [6.45, 7) is 12.1. The molecule has 6 heteroatoms. The van der Waals surface area contributed by atoms with E-state index in [1.165, 1.54) is 23.6 Å². The highest BCUT2D eigenvalue weighted by molar-refractivity contribution is 7.99. The molecule has 1 fully saturated rings. The van der Waals surface area contributed by atoms with Gasteiger partial charge in [0.2, 0.25) is 5.91 Å². The highest BCUT2D eigenvalue weighted by atomic mass is 32.2. The number of unbranched alkanes of at least 4 members (excludes halogenated alkanes) is 1. The number of Topliss-reactive ketones (excluding diaryl/α,β-unsaturated/α-hetero) is 1. The zero-order chi connectivity index (χ0) is 27.8. The summed E-state index contributed by atoms with van der Waals surface area (Å²) in [5.74, 6) is 0.0520. The van der Waals surface area contributed by atoms with E-state index in [2.05, 4.69) is 58.2 Å². The molecule has 1 aliphatic carbocycles.